The minimum atomic E-state index is -0.251. The summed E-state index contributed by atoms with van der Waals surface area (Å²) in [5.74, 6) is 0.381. The number of nitrogens with zero attached hydrogens (tertiary/aromatic N) is 2. The summed E-state index contributed by atoms with van der Waals surface area (Å²) in [7, 11) is 0. The largest absolute Gasteiger partial charge is 0.370 e. The van der Waals surface area contributed by atoms with E-state index >= 15 is 0 Å². The van der Waals surface area contributed by atoms with Gasteiger partial charge in [0.1, 0.15) is 6.54 Å². The Morgan fingerprint density at radius 2 is 1.96 bits per heavy atom. The van der Waals surface area contributed by atoms with E-state index in [-0.39, 0.29) is 42.4 Å². The van der Waals surface area contributed by atoms with Crippen molar-refractivity contribution in [1.29, 1.82) is 0 Å². The highest BCUT2D eigenvalue weighted by molar-refractivity contribution is 14.0. The van der Waals surface area contributed by atoms with Crippen molar-refractivity contribution in [2.45, 2.75) is 19.8 Å². The minimum Gasteiger partial charge on any atom is -0.370 e. The van der Waals surface area contributed by atoms with E-state index < -0.39 is 0 Å². The van der Waals surface area contributed by atoms with Crippen molar-refractivity contribution in [3.63, 3.8) is 0 Å². The Kier molecular flexibility index (Phi) is 8.17. The zero-order valence-corrected chi connectivity index (χ0v) is 16.0. The number of carbonyl (C=O) groups excluding carboxylic acids is 1. The molecule has 0 aliphatic rings. The lowest BCUT2D eigenvalue weighted by Gasteiger charge is -2.10. The molecule has 0 atom stereocenters. The van der Waals surface area contributed by atoms with Crippen LogP contribution in [0.1, 0.15) is 25.3 Å². The van der Waals surface area contributed by atoms with E-state index in [2.05, 4.69) is 40.5 Å². The average Bonchev–Trinajstić information content (AvgIpc) is 2.54. The summed E-state index contributed by atoms with van der Waals surface area (Å²) in [6.45, 7) is 4.19. The molecule has 0 spiro atoms. The third-order valence-electron chi connectivity index (χ3n) is 3.16. The van der Waals surface area contributed by atoms with Crippen LogP contribution >= 0.6 is 24.0 Å². The van der Waals surface area contributed by atoms with Crippen molar-refractivity contribution in [1.82, 2.24) is 4.98 Å². The molecular weight excluding hydrogens is 417 g/mol. The summed E-state index contributed by atoms with van der Waals surface area (Å²) in [5.41, 5.74) is 8.51. The number of halogens is 1. The highest BCUT2D eigenvalue weighted by Crippen LogP contribution is 2.18. The molecule has 4 N–H and O–H groups in total. The number of benzene rings is 1. The van der Waals surface area contributed by atoms with Crippen LogP contribution in [0.5, 0.6) is 0 Å². The van der Waals surface area contributed by atoms with E-state index in [0.717, 1.165) is 5.69 Å². The quantitative estimate of drug-likeness (QED) is 0.379. The van der Waals surface area contributed by atoms with Crippen LogP contribution in [-0.4, -0.2) is 23.4 Å². The first-order chi connectivity index (χ1) is 11.0. The van der Waals surface area contributed by atoms with Gasteiger partial charge in [-0.2, -0.15) is 0 Å². The molecule has 1 aromatic carbocycles. The number of nitrogens with one attached hydrogen (secondary N) is 2. The third-order valence-corrected chi connectivity index (χ3v) is 3.16. The predicted molar refractivity (Wildman–Crippen MR) is 109 cm³/mol. The summed E-state index contributed by atoms with van der Waals surface area (Å²) >= 11 is 0. The number of nitrogens with two attached hydrogens (primary N) is 1. The second-order valence-electron chi connectivity index (χ2n) is 5.40. The average molecular weight is 439 g/mol. The first-order valence-corrected chi connectivity index (χ1v) is 7.41. The molecule has 0 saturated heterocycles. The van der Waals surface area contributed by atoms with Crippen molar-refractivity contribution >= 4 is 47.2 Å². The Morgan fingerprint density at radius 3 is 2.62 bits per heavy atom. The summed E-state index contributed by atoms with van der Waals surface area (Å²) in [4.78, 5) is 19.7. The molecule has 1 heterocycles. The molecule has 0 aliphatic carbocycles. The Hall–Kier alpha value is -2.16. The van der Waals surface area contributed by atoms with E-state index in [1.807, 2.05) is 18.2 Å². The molecule has 128 valence electrons. The van der Waals surface area contributed by atoms with Gasteiger partial charge in [0.15, 0.2) is 5.96 Å². The molecule has 2 aromatic rings. The Labute approximate surface area is 159 Å². The fraction of sp³-hybridized carbons (Fsp3) is 0.235. The maximum Gasteiger partial charge on any atom is 0.246 e. The number of carbonyl (C=O) groups is 1. The lowest BCUT2D eigenvalue weighted by Crippen LogP contribution is -2.25. The van der Waals surface area contributed by atoms with E-state index in [4.69, 9.17) is 5.73 Å². The Morgan fingerprint density at radius 1 is 1.21 bits per heavy atom. The van der Waals surface area contributed by atoms with Crippen LogP contribution in [0, 0.1) is 0 Å². The summed E-state index contributed by atoms with van der Waals surface area (Å²) in [6, 6.07) is 11.4. The SMILES string of the molecule is CC(C)c1cccc(NC(N)=NCC(=O)Nc2cccnc2)c1.I. The van der Waals surface area contributed by atoms with Gasteiger partial charge in [-0.15, -0.1) is 24.0 Å². The summed E-state index contributed by atoms with van der Waals surface area (Å²) < 4.78 is 0. The molecule has 1 amide bonds. The fourth-order valence-electron chi connectivity index (χ4n) is 1.96. The van der Waals surface area contributed by atoms with Gasteiger partial charge in [0, 0.05) is 11.9 Å². The molecule has 7 heteroatoms. The molecular formula is C17H22IN5O. The van der Waals surface area contributed by atoms with Crippen LogP contribution in [0.25, 0.3) is 0 Å². The number of anilines is 2. The van der Waals surface area contributed by atoms with E-state index in [9.17, 15) is 4.79 Å². The monoisotopic (exact) mass is 439 g/mol. The first kappa shape index (κ1) is 19.9. The zero-order valence-electron chi connectivity index (χ0n) is 13.7. The number of rotatable bonds is 5. The third kappa shape index (κ3) is 6.53. The molecule has 6 nitrogen and oxygen atoms in total. The van der Waals surface area contributed by atoms with E-state index in [1.165, 1.54) is 5.56 Å². The number of aliphatic imine (C=N–C) groups is 1. The number of amides is 1. The molecule has 0 saturated carbocycles. The molecule has 0 bridgehead atoms. The van der Waals surface area contributed by atoms with Gasteiger partial charge < -0.3 is 16.4 Å². The van der Waals surface area contributed by atoms with Crippen LogP contribution in [0.2, 0.25) is 0 Å². The Balaban J connectivity index is 0.00000288. The van der Waals surface area contributed by atoms with E-state index in [1.54, 1.807) is 24.5 Å². The van der Waals surface area contributed by atoms with Gasteiger partial charge in [-0.1, -0.05) is 26.0 Å². The van der Waals surface area contributed by atoms with Gasteiger partial charge in [-0.3, -0.25) is 9.78 Å². The van der Waals surface area contributed by atoms with Crippen molar-refractivity contribution in [2.75, 3.05) is 17.2 Å². The van der Waals surface area contributed by atoms with Crippen LogP contribution < -0.4 is 16.4 Å². The maximum atomic E-state index is 11.8. The first-order valence-electron chi connectivity index (χ1n) is 7.41. The van der Waals surface area contributed by atoms with Crippen molar-refractivity contribution in [2.24, 2.45) is 10.7 Å². The normalized spacial score (nSPS) is 10.9. The molecule has 0 unspecified atom stereocenters. The van der Waals surface area contributed by atoms with Gasteiger partial charge >= 0.3 is 0 Å². The highest BCUT2D eigenvalue weighted by Gasteiger charge is 2.03. The highest BCUT2D eigenvalue weighted by atomic mass is 127. The van der Waals surface area contributed by atoms with Crippen molar-refractivity contribution in [3.05, 3.63) is 54.4 Å². The molecule has 0 aliphatic heterocycles. The number of pyridine rings is 1. The standard InChI is InChI=1S/C17H21N5O.HI/c1-12(2)13-5-3-6-14(9-13)22-17(18)20-11-16(23)21-15-7-4-8-19-10-15;/h3-10,12H,11H2,1-2H3,(H,21,23)(H3,18,20,22);1H. The van der Waals surface area contributed by atoms with Crippen molar-refractivity contribution in [3.8, 4) is 0 Å². The second kappa shape index (κ2) is 9.86. The molecule has 1 aromatic heterocycles. The zero-order chi connectivity index (χ0) is 16.7. The van der Waals surface area contributed by atoms with Crippen LogP contribution in [-0.2, 0) is 4.79 Å². The van der Waals surface area contributed by atoms with Crippen LogP contribution in [0.3, 0.4) is 0 Å². The molecule has 0 fully saturated rings. The topological polar surface area (TPSA) is 92.4 Å². The van der Waals surface area contributed by atoms with Gasteiger partial charge in [0.05, 0.1) is 11.9 Å². The number of hydrogen-bond donors (Lipinski definition) is 3. The number of hydrogen-bond acceptors (Lipinski definition) is 3. The maximum absolute atomic E-state index is 11.8. The summed E-state index contributed by atoms with van der Waals surface area (Å²) in [6.07, 6.45) is 3.21. The Bertz CT molecular complexity index is 688. The van der Waals surface area contributed by atoms with Gasteiger partial charge in [0.25, 0.3) is 0 Å². The predicted octanol–water partition coefficient (Wildman–Crippen LogP) is 3.19. The fourth-order valence-corrected chi connectivity index (χ4v) is 1.96. The molecule has 24 heavy (non-hydrogen) atoms. The summed E-state index contributed by atoms with van der Waals surface area (Å²) in [5, 5.41) is 5.69. The lowest BCUT2D eigenvalue weighted by molar-refractivity contribution is -0.114. The lowest BCUT2D eigenvalue weighted by atomic mass is 10.0. The van der Waals surface area contributed by atoms with Crippen molar-refractivity contribution < 1.29 is 4.79 Å². The van der Waals surface area contributed by atoms with Gasteiger partial charge in [0.2, 0.25) is 5.91 Å². The number of guanidine groups is 1. The number of aromatic nitrogens is 1. The molecule has 0 radical (unpaired) electrons. The minimum absolute atomic E-state index is 0. The van der Waals surface area contributed by atoms with Crippen LogP contribution in [0.4, 0.5) is 11.4 Å². The second-order valence-corrected chi connectivity index (χ2v) is 5.40. The van der Waals surface area contributed by atoms with Gasteiger partial charge in [-0.05, 0) is 35.7 Å². The van der Waals surface area contributed by atoms with Gasteiger partial charge in [-0.25, -0.2) is 4.99 Å². The molecule has 2 rings (SSSR count). The smallest absolute Gasteiger partial charge is 0.246 e. The van der Waals surface area contributed by atoms with E-state index in [0.29, 0.717) is 11.6 Å². The van der Waals surface area contributed by atoms with Crippen LogP contribution in [0.15, 0.2) is 53.8 Å².